The first-order valence-corrected chi connectivity index (χ1v) is 9.77. The number of aliphatic carboxylic acids is 1. The third kappa shape index (κ3) is 4.11. The van der Waals surface area contributed by atoms with Crippen molar-refractivity contribution in [2.45, 2.75) is 13.0 Å². The van der Waals surface area contributed by atoms with Gasteiger partial charge in [-0.3, -0.25) is 9.69 Å². The van der Waals surface area contributed by atoms with Crippen LogP contribution in [-0.2, 0) is 17.8 Å². The first-order valence-electron chi connectivity index (χ1n) is 9.77. The van der Waals surface area contributed by atoms with Crippen molar-refractivity contribution in [2.24, 2.45) is 0 Å². The minimum absolute atomic E-state index is 0.0146. The average Bonchev–Trinajstić information content (AvgIpc) is 2.84. The molecule has 2 aromatic rings. The maximum atomic E-state index is 11.2. The van der Waals surface area contributed by atoms with Crippen LogP contribution in [0, 0.1) is 0 Å². The van der Waals surface area contributed by atoms with Gasteiger partial charge in [0.1, 0.15) is 12.4 Å². The van der Waals surface area contributed by atoms with E-state index < -0.39 is 5.97 Å². The molecule has 28 heavy (non-hydrogen) atoms. The summed E-state index contributed by atoms with van der Waals surface area (Å²) in [7, 11) is 2.16. The van der Waals surface area contributed by atoms with Gasteiger partial charge >= 0.3 is 5.97 Å². The fraction of sp³-hybridized carbons (Fsp3) is 0.348. The third-order valence-corrected chi connectivity index (χ3v) is 5.53. The van der Waals surface area contributed by atoms with E-state index in [4.69, 9.17) is 4.74 Å². The molecular formula is C23H26N2O3. The van der Waals surface area contributed by atoms with Crippen LogP contribution in [0.2, 0.25) is 0 Å². The van der Waals surface area contributed by atoms with Crippen molar-refractivity contribution in [3.8, 4) is 5.75 Å². The van der Waals surface area contributed by atoms with E-state index in [0.29, 0.717) is 6.61 Å². The summed E-state index contributed by atoms with van der Waals surface area (Å²) < 4.78 is 6.06. The summed E-state index contributed by atoms with van der Waals surface area (Å²) in [5.41, 5.74) is 5.23. The maximum Gasteiger partial charge on any atom is 0.307 e. The van der Waals surface area contributed by atoms with Crippen molar-refractivity contribution < 1.29 is 14.6 Å². The van der Waals surface area contributed by atoms with Gasteiger partial charge in [0.15, 0.2) is 0 Å². The second-order valence-electron chi connectivity index (χ2n) is 7.57. The van der Waals surface area contributed by atoms with Crippen molar-refractivity contribution in [2.75, 3.05) is 39.8 Å². The fourth-order valence-electron chi connectivity index (χ4n) is 3.88. The van der Waals surface area contributed by atoms with E-state index >= 15 is 0 Å². The zero-order chi connectivity index (χ0) is 19.5. The van der Waals surface area contributed by atoms with E-state index in [1.165, 1.54) is 5.56 Å². The van der Waals surface area contributed by atoms with Crippen LogP contribution in [0.1, 0.15) is 22.3 Å². The van der Waals surface area contributed by atoms with Gasteiger partial charge in [0.2, 0.25) is 0 Å². The second-order valence-corrected chi connectivity index (χ2v) is 7.57. The van der Waals surface area contributed by atoms with Gasteiger partial charge in [-0.25, -0.2) is 0 Å². The predicted molar refractivity (Wildman–Crippen MR) is 110 cm³/mol. The van der Waals surface area contributed by atoms with Crippen LogP contribution < -0.4 is 4.74 Å². The molecule has 0 bridgehead atoms. The average molecular weight is 378 g/mol. The monoisotopic (exact) mass is 378 g/mol. The van der Waals surface area contributed by atoms with Crippen LogP contribution in [0.5, 0.6) is 5.75 Å². The summed E-state index contributed by atoms with van der Waals surface area (Å²) in [6.45, 7) is 5.69. The number of hydrogen-bond donors (Lipinski definition) is 1. The molecule has 2 heterocycles. The van der Waals surface area contributed by atoms with Gasteiger partial charge < -0.3 is 14.7 Å². The summed E-state index contributed by atoms with van der Waals surface area (Å²) in [4.78, 5) is 16.0. The molecule has 2 aromatic carbocycles. The Morgan fingerprint density at radius 1 is 1.11 bits per heavy atom. The topological polar surface area (TPSA) is 53.0 Å². The minimum Gasteiger partial charge on any atom is -0.488 e. The summed E-state index contributed by atoms with van der Waals surface area (Å²) in [6.07, 6.45) is 2.29. The molecule has 0 amide bonds. The van der Waals surface area contributed by atoms with Crippen LogP contribution in [0.3, 0.4) is 0 Å². The molecule has 5 nitrogen and oxygen atoms in total. The van der Waals surface area contributed by atoms with E-state index in [1.54, 1.807) is 0 Å². The SMILES string of the molecule is CN1CCN(C/C=C2\c3ccccc3COc3ccc(CC(=O)O)cc32)CC1. The Hall–Kier alpha value is -2.63. The van der Waals surface area contributed by atoms with Gasteiger partial charge in [0, 0.05) is 38.3 Å². The Kier molecular flexibility index (Phi) is 5.46. The van der Waals surface area contributed by atoms with Crippen molar-refractivity contribution in [1.29, 1.82) is 0 Å². The van der Waals surface area contributed by atoms with E-state index in [1.807, 2.05) is 24.3 Å². The summed E-state index contributed by atoms with van der Waals surface area (Å²) in [5, 5.41) is 9.19. The van der Waals surface area contributed by atoms with Crippen molar-refractivity contribution >= 4 is 11.5 Å². The molecule has 1 fully saturated rings. The largest absolute Gasteiger partial charge is 0.488 e. The number of hydrogen-bond acceptors (Lipinski definition) is 4. The quantitative estimate of drug-likeness (QED) is 0.887. The molecule has 0 unspecified atom stereocenters. The molecule has 1 saturated heterocycles. The summed E-state index contributed by atoms with van der Waals surface area (Å²) in [6, 6.07) is 14.0. The van der Waals surface area contributed by atoms with Gasteiger partial charge in [-0.2, -0.15) is 0 Å². The molecule has 0 aromatic heterocycles. The highest BCUT2D eigenvalue weighted by atomic mass is 16.5. The lowest BCUT2D eigenvalue weighted by Gasteiger charge is -2.31. The smallest absolute Gasteiger partial charge is 0.307 e. The normalized spacial score (nSPS) is 18.8. The lowest BCUT2D eigenvalue weighted by atomic mass is 9.92. The van der Waals surface area contributed by atoms with Crippen molar-refractivity contribution in [3.05, 3.63) is 70.8 Å². The van der Waals surface area contributed by atoms with Gasteiger partial charge in [0.25, 0.3) is 0 Å². The Balaban J connectivity index is 1.72. The first kappa shape index (κ1) is 18.7. The van der Waals surface area contributed by atoms with Crippen LogP contribution in [-0.4, -0.2) is 60.6 Å². The van der Waals surface area contributed by atoms with E-state index in [-0.39, 0.29) is 6.42 Å². The van der Waals surface area contributed by atoms with Crippen LogP contribution in [0.25, 0.3) is 5.57 Å². The highest BCUT2D eigenvalue weighted by molar-refractivity contribution is 5.85. The van der Waals surface area contributed by atoms with E-state index in [2.05, 4.69) is 41.1 Å². The number of piperazine rings is 1. The number of rotatable bonds is 4. The Morgan fingerprint density at radius 3 is 2.68 bits per heavy atom. The second kappa shape index (κ2) is 8.17. The number of fused-ring (bicyclic) bond motifs is 2. The van der Waals surface area contributed by atoms with Gasteiger partial charge in [-0.1, -0.05) is 36.4 Å². The third-order valence-electron chi connectivity index (χ3n) is 5.53. The Bertz CT molecular complexity index is 898. The van der Waals surface area contributed by atoms with E-state index in [0.717, 1.165) is 60.7 Å². The number of benzene rings is 2. The number of ether oxygens (including phenoxy) is 1. The standard InChI is InChI=1S/C23H26N2O3/c1-24-10-12-25(13-11-24)9-8-20-19-5-3-2-4-18(19)16-28-22-7-6-17(14-21(20)22)15-23(26)27/h2-8,14H,9-13,15-16H2,1H3,(H,26,27)/b20-8+. The molecule has 1 N–H and O–H groups in total. The van der Waals surface area contributed by atoms with Crippen molar-refractivity contribution in [3.63, 3.8) is 0 Å². The minimum atomic E-state index is -0.821. The Morgan fingerprint density at radius 2 is 1.89 bits per heavy atom. The highest BCUT2D eigenvalue weighted by Gasteiger charge is 2.20. The Labute approximate surface area is 165 Å². The number of carbonyl (C=O) groups is 1. The number of likely N-dealkylation sites (N-methyl/N-ethyl adjacent to an activating group) is 1. The number of nitrogens with zero attached hydrogens (tertiary/aromatic N) is 2. The van der Waals surface area contributed by atoms with Gasteiger partial charge in [0.05, 0.1) is 6.42 Å². The van der Waals surface area contributed by atoms with Crippen LogP contribution in [0.4, 0.5) is 0 Å². The predicted octanol–water partition coefficient (Wildman–Crippen LogP) is 2.89. The van der Waals surface area contributed by atoms with Crippen LogP contribution >= 0.6 is 0 Å². The molecular weight excluding hydrogens is 352 g/mol. The number of carboxylic acid groups (broad SMARTS) is 1. The lowest BCUT2D eigenvalue weighted by Crippen LogP contribution is -2.44. The lowest BCUT2D eigenvalue weighted by molar-refractivity contribution is -0.136. The molecule has 146 valence electrons. The molecule has 4 rings (SSSR count). The van der Waals surface area contributed by atoms with E-state index in [9.17, 15) is 9.90 Å². The highest BCUT2D eigenvalue weighted by Crippen LogP contribution is 2.37. The molecule has 0 saturated carbocycles. The summed E-state index contributed by atoms with van der Waals surface area (Å²) in [5.74, 6) is -0.00665. The zero-order valence-electron chi connectivity index (χ0n) is 16.2. The van der Waals surface area contributed by atoms with Crippen LogP contribution in [0.15, 0.2) is 48.5 Å². The molecule has 2 aliphatic rings. The number of carboxylic acids is 1. The molecule has 5 heteroatoms. The zero-order valence-corrected chi connectivity index (χ0v) is 16.2. The first-order chi connectivity index (χ1) is 13.6. The molecule has 0 radical (unpaired) electrons. The fourth-order valence-corrected chi connectivity index (χ4v) is 3.88. The molecule has 0 aliphatic carbocycles. The summed E-state index contributed by atoms with van der Waals surface area (Å²) >= 11 is 0. The van der Waals surface area contributed by atoms with Gasteiger partial charge in [-0.15, -0.1) is 0 Å². The molecule has 2 aliphatic heterocycles. The van der Waals surface area contributed by atoms with Crippen molar-refractivity contribution in [1.82, 2.24) is 9.80 Å². The molecule has 0 spiro atoms. The maximum absolute atomic E-state index is 11.2. The molecule has 0 atom stereocenters. The van der Waals surface area contributed by atoms with Gasteiger partial charge in [-0.05, 0) is 41.4 Å².